The first kappa shape index (κ1) is 10.4. The fraction of sp³-hybridized carbons (Fsp3) is 0.0714. The Morgan fingerprint density at radius 3 is 2.88 bits per heavy atom. The number of hydrogen-bond acceptors (Lipinski definition) is 2. The van der Waals surface area contributed by atoms with Crippen molar-refractivity contribution in [2.24, 2.45) is 0 Å². The van der Waals surface area contributed by atoms with Crippen LogP contribution in [0.25, 0.3) is 11.0 Å². The number of rotatable bonds is 3. The fourth-order valence-electron chi connectivity index (χ4n) is 1.73. The third kappa shape index (κ3) is 2.34. The van der Waals surface area contributed by atoms with Crippen molar-refractivity contribution in [3.63, 3.8) is 0 Å². The number of aromatic nitrogens is 2. The van der Waals surface area contributed by atoms with Crippen LogP contribution in [0.15, 0.2) is 59.8 Å². The first-order valence-corrected chi connectivity index (χ1v) is 6.50. The van der Waals surface area contributed by atoms with Gasteiger partial charge < -0.3 is 4.98 Å². The summed E-state index contributed by atoms with van der Waals surface area (Å²) >= 11 is 1.81. The van der Waals surface area contributed by atoms with Crippen LogP contribution in [0.4, 0.5) is 0 Å². The zero-order chi connectivity index (χ0) is 11.5. The maximum absolute atomic E-state index is 4.40. The van der Waals surface area contributed by atoms with Crippen molar-refractivity contribution in [3.05, 3.63) is 60.4 Å². The number of nitrogens with zero attached hydrogens (tertiary/aromatic N) is 1. The highest BCUT2D eigenvalue weighted by molar-refractivity contribution is 7.98. The van der Waals surface area contributed by atoms with Gasteiger partial charge in [0.05, 0.1) is 11.0 Å². The van der Waals surface area contributed by atoms with Crippen LogP contribution in [0.5, 0.6) is 0 Å². The normalized spacial score (nSPS) is 10.8. The standard InChI is InChI=1S/C14H12N2S/c1-2-4-11(5-3-1)10-17-12-8-14-13(16-9-12)6-7-15-14/h1-9,15H,10H2. The van der Waals surface area contributed by atoms with E-state index >= 15 is 0 Å². The molecule has 0 amide bonds. The van der Waals surface area contributed by atoms with Crippen LogP contribution in [0.3, 0.4) is 0 Å². The zero-order valence-corrected chi connectivity index (χ0v) is 10.1. The topological polar surface area (TPSA) is 28.7 Å². The van der Waals surface area contributed by atoms with Crippen molar-refractivity contribution in [3.8, 4) is 0 Å². The second kappa shape index (κ2) is 4.63. The van der Waals surface area contributed by atoms with Gasteiger partial charge in [0.2, 0.25) is 0 Å². The fourth-order valence-corrected chi connectivity index (χ4v) is 2.59. The van der Waals surface area contributed by atoms with E-state index in [9.17, 15) is 0 Å². The molecule has 2 heterocycles. The number of H-pyrrole nitrogens is 1. The summed E-state index contributed by atoms with van der Waals surface area (Å²) in [5, 5.41) is 0. The molecule has 0 bridgehead atoms. The Bertz CT molecular complexity index is 616. The molecule has 0 atom stereocenters. The van der Waals surface area contributed by atoms with Crippen LogP contribution < -0.4 is 0 Å². The lowest BCUT2D eigenvalue weighted by Gasteiger charge is -2.01. The van der Waals surface area contributed by atoms with Crippen LogP contribution in [0.1, 0.15) is 5.56 Å². The van der Waals surface area contributed by atoms with Crippen molar-refractivity contribution in [1.82, 2.24) is 9.97 Å². The third-order valence-electron chi connectivity index (χ3n) is 2.62. The van der Waals surface area contributed by atoms with E-state index < -0.39 is 0 Å². The number of pyridine rings is 1. The number of nitrogens with one attached hydrogen (secondary N) is 1. The Morgan fingerprint density at radius 2 is 2.00 bits per heavy atom. The molecule has 1 N–H and O–H groups in total. The summed E-state index contributed by atoms with van der Waals surface area (Å²) in [4.78, 5) is 8.78. The van der Waals surface area contributed by atoms with Gasteiger partial charge in [0, 0.05) is 23.0 Å². The average molecular weight is 240 g/mol. The van der Waals surface area contributed by atoms with Crippen LogP contribution in [0.2, 0.25) is 0 Å². The summed E-state index contributed by atoms with van der Waals surface area (Å²) in [7, 11) is 0. The molecule has 0 aliphatic rings. The van der Waals surface area contributed by atoms with Gasteiger partial charge in [-0.25, -0.2) is 0 Å². The summed E-state index contributed by atoms with van der Waals surface area (Å²) < 4.78 is 0. The molecule has 84 valence electrons. The molecule has 3 heteroatoms. The van der Waals surface area contributed by atoms with Gasteiger partial charge >= 0.3 is 0 Å². The second-order valence-corrected chi connectivity index (χ2v) is 4.90. The van der Waals surface area contributed by atoms with Crippen LogP contribution in [-0.4, -0.2) is 9.97 Å². The summed E-state index contributed by atoms with van der Waals surface area (Å²) in [5.41, 5.74) is 3.46. The minimum absolute atomic E-state index is 0.981. The van der Waals surface area contributed by atoms with E-state index in [4.69, 9.17) is 0 Å². The summed E-state index contributed by atoms with van der Waals surface area (Å²) in [6.45, 7) is 0. The molecule has 0 aliphatic heterocycles. The lowest BCUT2D eigenvalue weighted by atomic mass is 10.2. The Morgan fingerprint density at radius 1 is 1.12 bits per heavy atom. The summed E-state index contributed by atoms with van der Waals surface area (Å²) in [5.74, 6) is 0.981. The Labute approximate surface area is 104 Å². The molecule has 1 aromatic carbocycles. The van der Waals surface area contributed by atoms with E-state index in [-0.39, 0.29) is 0 Å². The van der Waals surface area contributed by atoms with E-state index in [1.807, 2.05) is 36.3 Å². The highest BCUT2D eigenvalue weighted by Crippen LogP contribution is 2.24. The number of fused-ring (bicyclic) bond motifs is 1. The molecule has 0 fully saturated rings. The first-order chi connectivity index (χ1) is 8.42. The molecular weight excluding hydrogens is 228 g/mol. The van der Waals surface area contributed by atoms with E-state index in [1.165, 1.54) is 10.5 Å². The monoisotopic (exact) mass is 240 g/mol. The van der Waals surface area contributed by atoms with E-state index in [0.717, 1.165) is 16.8 Å². The molecule has 0 saturated carbocycles. The molecule has 17 heavy (non-hydrogen) atoms. The largest absolute Gasteiger partial charge is 0.360 e. The zero-order valence-electron chi connectivity index (χ0n) is 9.26. The maximum Gasteiger partial charge on any atom is 0.0879 e. The summed E-state index contributed by atoms with van der Waals surface area (Å²) in [6.07, 6.45) is 3.85. The van der Waals surface area contributed by atoms with Gasteiger partial charge in [0.1, 0.15) is 0 Å². The Balaban J connectivity index is 1.76. The molecule has 0 unspecified atom stereocenters. The molecule has 0 saturated heterocycles. The van der Waals surface area contributed by atoms with Gasteiger partial charge in [0.15, 0.2) is 0 Å². The minimum Gasteiger partial charge on any atom is -0.360 e. The second-order valence-electron chi connectivity index (χ2n) is 3.86. The average Bonchev–Trinajstić information content (AvgIpc) is 2.85. The SMILES string of the molecule is c1ccc(CSc2cnc3cc[nH]c3c2)cc1. The lowest BCUT2D eigenvalue weighted by Crippen LogP contribution is -1.81. The van der Waals surface area contributed by atoms with E-state index in [2.05, 4.69) is 40.3 Å². The maximum atomic E-state index is 4.40. The molecule has 2 nitrogen and oxygen atoms in total. The molecule has 2 aromatic heterocycles. The van der Waals surface area contributed by atoms with Crippen LogP contribution in [-0.2, 0) is 5.75 Å². The van der Waals surface area contributed by atoms with Crippen LogP contribution >= 0.6 is 11.8 Å². The van der Waals surface area contributed by atoms with Gasteiger partial charge in [-0.3, -0.25) is 4.98 Å². The first-order valence-electron chi connectivity index (χ1n) is 5.52. The van der Waals surface area contributed by atoms with Crippen molar-refractivity contribution < 1.29 is 0 Å². The molecule has 3 aromatic rings. The van der Waals surface area contributed by atoms with E-state index in [1.54, 1.807) is 0 Å². The van der Waals surface area contributed by atoms with Crippen LogP contribution in [0, 0.1) is 0 Å². The van der Waals surface area contributed by atoms with Crippen molar-refractivity contribution in [1.29, 1.82) is 0 Å². The Hall–Kier alpha value is -1.74. The minimum atomic E-state index is 0.981. The van der Waals surface area contributed by atoms with Gasteiger partial charge in [-0.1, -0.05) is 30.3 Å². The number of thioether (sulfide) groups is 1. The highest BCUT2D eigenvalue weighted by atomic mass is 32.2. The molecule has 3 rings (SSSR count). The number of benzene rings is 1. The molecule has 0 aliphatic carbocycles. The number of aromatic amines is 1. The van der Waals surface area contributed by atoms with Gasteiger partial charge in [0.25, 0.3) is 0 Å². The van der Waals surface area contributed by atoms with Gasteiger partial charge in [-0.05, 0) is 17.7 Å². The van der Waals surface area contributed by atoms with E-state index in [0.29, 0.717) is 0 Å². The predicted octanol–water partition coefficient (Wildman–Crippen LogP) is 3.86. The van der Waals surface area contributed by atoms with Gasteiger partial charge in [-0.2, -0.15) is 0 Å². The molecule has 0 spiro atoms. The number of hydrogen-bond donors (Lipinski definition) is 1. The third-order valence-corrected chi connectivity index (χ3v) is 3.66. The quantitative estimate of drug-likeness (QED) is 0.704. The summed E-state index contributed by atoms with van der Waals surface area (Å²) in [6, 6.07) is 14.6. The van der Waals surface area contributed by atoms with Gasteiger partial charge in [-0.15, -0.1) is 11.8 Å². The van der Waals surface area contributed by atoms with Crippen molar-refractivity contribution >= 4 is 22.8 Å². The smallest absolute Gasteiger partial charge is 0.0879 e. The Kier molecular flexibility index (Phi) is 2.84. The van der Waals surface area contributed by atoms with Crippen molar-refractivity contribution in [2.75, 3.05) is 0 Å². The molecule has 0 radical (unpaired) electrons. The predicted molar refractivity (Wildman–Crippen MR) is 72.1 cm³/mol. The lowest BCUT2D eigenvalue weighted by molar-refractivity contribution is 1.29. The van der Waals surface area contributed by atoms with Crippen molar-refractivity contribution in [2.45, 2.75) is 10.6 Å². The molecular formula is C14H12N2S. The highest BCUT2D eigenvalue weighted by Gasteiger charge is 2.00.